The van der Waals surface area contributed by atoms with Crippen LogP contribution in [0.5, 0.6) is 0 Å². The monoisotopic (exact) mass is 216 g/mol. The molecular formula is C14H20N2. The summed E-state index contributed by atoms with van der Waals surface area (Å²) in [5.74, 6) is 0.796. The molecule has 0 radical (unpaired) electrons. The second kappa shape index (κ2) is 5.59. The Labute approximate surface area is 98.1 Å². The van der Waals surface area contributed by atoms with Gasteiger partial charge in [0, 0.05) is 18.0 Å². The first kappa shape index (κ1) is 12.6. The lowest BCUT2D eigenvalue weighted by atomic mass is 9.93. The minimum absolute atomic E-state index is 0.277. The molecule has 0 fully saturated rings. The van der Waals surface area contributed by atoms with Crippen LogP contribution in [-0.4, -0.2) is 11.2 Å². The van der Waals surface area contributed by atoms with E-state index in [-0.39, 0.29) is 5.41 Å². The molecule has 2 nitrogen and oxygen atoms in total. The fourth-order valence-corrected chi connectivity index (χ4v) is 1.23. The number of aliphatic imine (C=N–C) groups is 1. The topological polar surface area (TPSA) is 25.2 Å². The van der Waals surface area contributed by atoms with Crippen LogP contribution in [0.3, 0.4) is 0 Å². The van der Waals surface area contributed by atoms with E-state index in [0.717, 1.165) is 17.8 Å². The van der Waals surface area contributed by atoms with Crippen molar-refractivity contribution in [2.45, 2.75) is 34.1 Å². The van der Waals surface area contributed by atoms with Crippen molar-refractivity contribution < 1.29 is 0 Å². The van der Waals surface area contributed by atoms with Gasteiger partial charge in [0.2, 0.25) is 0 Å². The zero-order valence-corrected chi connectivity index (χ0v) is 10.6. The number of pyridine rings is 1. The lowest BCUT2D eigenvalue weighted by molar-refractivity contribution is 0.437. The molecule has 0 aliphatic heterocycles. The van der Waals surface area contributed by atoms with Gasteiger partial charge in [0.1, 0.15) is 0 Å². The predicted molar refractivity (Wildman–Crippen MR) is 71.2 cm³/mol. The van der Waals surface area contributed by atoms with Crippen LogP contribution in [0, 0.1) is 5.41 Å². The molecule has 86 valence electrons. The van der Waals surface area contributed by atoms with Crippen molar-refractivity contribution in [3.05, 3.63) is 30.0 Å². The van der Waals surface area contributed by atoms with Gasteiger partial charge in [-0.2, -0.15) is 0 Å². The van der Waals surface area contributed by atoms with E-state index in [9.17, 15) is 0 Å². The molecule has 1 heterocycles. The summed E-state index contributed by atoms with van der Waals surface area (Å²) < 4.78 is 0. The highest BCUT2D eigenvalue weighted by Gasteiger charge is 2.07. The van der Waals surface area contributed by atoms with Crippen LogP contribution in [0.4, 0.5) is 5.82 Å². The lowest BCUT2D eigenvalue weighted by Crippen LogP contribution is -2.04. The van der Waals surface area contributed by atoms with E-state index in [1.807, 2.05) is 37.4 Å². The Morgan fingerprint density at radius 2 is 2.12 bits per heavy atom. The molecule has 1 rings (SSSR count). The van der Waals surface area contributed by atoms with Crippen molar-refractivity contribution in [2.24, 2.45) is 10.4 Å². The normalized spacial score (nSPS) is 12.8. The van der Waals surface area contributed by atoms with E-state index in [2.05, 4.69) is 30.7 Å². The largest absolute Gasteiger partial charge is 0.241 e. The third-order valence-corrected chi connectivity index (χ3v) is 2.08. The summed E-state index contributed by atoms with van der Waals surface area (Å²) in [6, 6.07) is 3.95. The molecule has 1 aromatic rings. The van der Waals surface area contributed by atoms with Crippen molar-refractivity contribution in [2.75, 3.05) is 0 Å². The maximum absolute atomic E-state index is 4.42. The second-order valence-electron chi connectivity index (χ2n) is 4.99. The SMILES string of the molecule is C/C=C\c1cccnc1/N=C\CC(C)(C)C. The summed E-state index contributed by atoms with van der Waals surface area (Å²) in [7, 11) is 0. The molecular weight excluding hydrogens is 196 g/mol. The number of hydrogen-bond acceptors (Lipinski definition) is 2. The number of allylic oxidation sites excluding steroid dienone is 1. The van der Waals surface area contributed by atoms with Gasteiger partial charge in [-0.15, -0.1) is 0 Å². The highest BCUT2D eigenvalue weighted by molar-refractivity contribution is 5.68. The Kier molecular flexibility index (Phi) is 4.41. The minimum Gasteiger partial charge on any atom is -0.241 e. The summed E-state index contributed by atoms with van der Waals surface area (Å²) in [6.45, 7) is 8.59. The highest BCUT2D eigenvalue weighted by atomic mass is 14.9. The van der Waals surface area contributed by atoms with Crippen LogP contribution in [-0.2, 0) is 0 Å². The summed E-state index contributed by atoms with van der Waals surface area (Å²) in [5.41, 5.74) is 1.34. The third kappa shape index (κ3) is 4.39. The predicted octanol–water partition coefficient (Wildman–Crippen LogP) is 4.25. The molecule has 0 aliphatic carbocycles. The van der Waals surface area contributed by atoms with Gasteiger partial charge in [0.25, 0.3) is 0 Å². The van der Waals surface area contributed by atoms with Crippen LogP contribution in [0.25, 0.3) is 6.08 Å². The summed E-state index contributed by atoms with van der Waals surface area (Å²) in [4.78, 5) is 8.69. The molecule has 0 aliphatic rings. The van der Waals surface area contributed by atoms with Gasteiger partial charge < -0.3 is 0 Å². The van der Waals surface area contributed by atoms with Crippen LogP contribution in [0.2, 0.25) is 0 Å². The molecule has 0 unspecified atom stereocenters. The Bertz CT molecular complexity index is 384. The zero-order chi connectivity index (χ0) is 12.0. The van der Waals surface area contributed by atoms with Gasteiger partial charge in [-0.25, -0.2) is 9.98 Å². The van der Waals surface area contributed by atoms with Crippen LogP contribution in [0.15, 0.2) is 29.4 Å². The Balaban J connectivity index is 2.80. The van der Waals surface area contributed by atoms with Gasteiger partial charge in [0.15, 0.2) is 5.82 Å². The van der Waals surface area contributed by atoms with E-state index in [1.165, 1.54) is 0 Å². The molecule has 0 N–H and O–H groups in total. The van der Waals surface area contributed by atoms with Gasteiger partial charge in [-0.3, -0.25) is 0 Å². The van der Waals surface area contributed by atoms with E-state index in [0.29, 0.717) is 0 Å². The van der Waals surface area contributed by atoms with Gasteiger partial charge >= 0.3 is 0 Å². The van der Waals surface area contributed by atoms with Crippen molar-refractivity contribution >= 4 is 18.1 Å². The molecule has 0 amide bonds. The number of hydrogen-bond donors (Lipinski definition) is 0. The summed E-state index contributed by atoms with van der Waals surface area (Å²) >= 11 is 0. The average Bonchev–Trinajstić information content (AvgIpc) is 2.19. The minimum atomic E-state index is 0.277. The van der Waals surface area contributed by atoms with Crippen LogP contribution < -0.4 is 0 Å². The van der Waals surface area contributed by atoms with E-state index < -0.39 is 0 Å². The molecule has 16 heavy (non-hydrogen) atoms. The molecule has 0 spiro atoms. The second-order valence-corrected chi connectivity index (χ2v) is 4.99. The molecule has 0 atom stereocenters. The molecule has 1 aromatic heterocycles. The zero-order valence-electron chi connectivity index (χ0n) is 10.6. The summed E-state index contributed by atoms with van der Waals surface area (Å²) in [6.07, 6.45) is 8.71. The first-order valence-corrected chi connectivity index (χ1v) is 5.63. The highest BCUT2D eigenvalue weighted by Crippen LogP contribution is 2.19. The van der Waals surface area contributed by atoms with Crippen LogP contribution >= 0.6 is 0 Å². The first-order chi connectivity index (χ1) is 7.53. The number of rotatable bonds is 3. The van der Waals surface area contributed by atoms with Crippen molar-refractivity contribution in [1.29, 1.82) is 0 Å². The molecule has 0 bridgehead atoms. The third-order valence-electron chi connectivity index (χ3n) is 2.08. The standard InChI is InChI=1S/C14H20N2/c1-5-7-12-8-6-10-15-13(12)16-11-9-14(2,3)4/h5-8,10-11H,9H2,1-4H3/b7-5-,16-11-. The lowest BCUT2D eigenvalue weighted by Gasteiger charge is -2.13. The van der Waals surface area contributed by atoms with Gasteiger partial charge in [-0.05, 0) is 30.9 Å². The van der Waals surface area contributed by atoms with Gasteiger partial charge in [-0.1, -0.05) is 32.9 Å². The Hall–Kier alpha value is -1.44. The molecule has 0 aromatic carbocycles. The van der Waals surface area contributed by atoms with Crippen molar-refractivity contribution in [3.63, 3.8) is 0 Å². The molecule has 0 saturated heterocycles. The first-order valence-electron chi connectivity index (χ1n) is 5.63. The maximum atomic E-state index is 4.42. The van der Waals surface area contributed by atoms with E-state index in [1.54, 1.807) is 6.20 Å². The average molecular weight is 216 g/mol. The number of aromatic nitrogens is 1. The Morgan fingerprint density at radius 3 is 2.75 bits per heavy atom. The van der Waals surface area contributed by atoms with Crippen LogP contribution in [0.1, 0.15) is 39.7 Å². The summed E-state index contributed by atoms with van der Waals surface area (Å²) in [5, 5.41) is 0. The van der Waals surface area contributed by atoms with Crippen molar-refractivity contribution in [1.82, 2.24) is 4.98 Å². The van der Waals surface area contributed by atoms with Gasteiger partial charge in [0.05, 0.1) is 0 Å². The quantitative estimate of drug-likeness (QED) is 0.693. The molecule has 0 saturated carbocycles. The van der Waals surface area contributed by atoms with E-state index >= 15 is 0 Å². The van der Waals surface area contributed by atoms with E-state index in [4.69, 9.17) is 0 Å². The fraction of sp³-hybridized carbons (Fsp3) is 0.429. The van der Waals surface area contributed by atoms with Crippen molar-refractivity contribution in [3.8, 4) is 0 Å². The Morgan fingerprint density at radius 1 is 1.38 bits per heavy atom. The molecule has 2 heteroatoms. The smallest absolute Gasteiger partial charge is 0.158 e. The fourth-order valence-electron chi connectivity index (χ4n) is 1.23. The number of nitrogens with zero attached hydrogens (tertiary/aromatic N) is 2. The maximum Gasteiger partial charge on any atom is 0.158 e.